The van der Waals surface area contributed by atoms with Crippen LogP contribution in [0.1, 0.15) is 37.2 Å². The zero-order valence-electron chi connectivity index (χ0n) is 16.6. The lowest BCUT2D eigenvalue weighted by atomic mass is 9.85. The van der Waals surface area contributed by atoms with Gasteiger partial charge in [-0.05, 0) is 17.5 Å². The summed E-state index contributed by atoms with van der Waals surface area (Å²) in [4.78, 5) is 23.9. The Balaban J connectivity index is 1.95. The van der Waals surface area contributed by atoms with Crippen molar-refractivity contribution in [3.05, 3.63) is 57.9 Å². The summed E-state index contributed by atoms with van der Waals surface area (Å²) in [6.07, 6.45) is 1.36. The van der Waals surface area contributed by atoms with E-state index in [1.165, 1.54) is 12.3 Å². The minimum Gasteiger partial charge on any atom is -0.477 e. The Labute approximate surface area is 170 Å². The second kappa shape index (κ2) is 6.51. The van der Waals surface area contributed by atoms with E-state index < -0.39 is 23.0 Å². The average Bonchev–Trinajstić information content (AvgIpc) is 3.06. The molecule has 2 aromatic heterocycles. The van der Waals surface area contributed by atoms with E-state index in [1.807, 2.05) is 20.8 Å². The third kappa shape index (κ3) is 3.06. The summed E-state index contributed by atoms with van der Waals surface area (Å²) in [5.41, 5.74) is 6.31. The first-order valence-electron chi connectivity index (χ1n) is 9.30. The van der Waals surface area contributed by atoms with Crippen LogP contribution in [-0.4, -0.2) is 25.4 Å². The molecule has 3 N–H and O–H groups in total. The number of benzene rings is 1. The smallest absolute Gasteiger partial charge is 0.341 e. The van der Waals surface area contributed by atoms with Crippen molar-refractivity contribution >= 4 is 11.7 Å². The number of nitrogen functional groups attached to an aromatic ring is 1. The normalized spacial score (nSPS) is 15.6. The van der Waals surface area contributed by atoms with Gasteiger partial charge in [0.05, 0.1) is 29.7 Å². The molecule has 0 amide bonds. The largest absolute Gasteiger partial charge is 0.477 e. The van der Waals surface area contributed by atoms with Gasteiger partial charge >= 0.3 is 5.97 Å². The number of carboxylic acid groups (broad SMARTS) is 1. The standard InChI is InChI=1S/C21H20F2N4O3/c1-21(2,3)19-9-27-17(16-7-18(28)11(20(29)30)8-26(16)19)6-15(25-27)10-4-12(22)13(23)5-14(10)24/h4-8,19H,9,24H2,1-3H3,(H,29,30)/t19-/m0/s1. The lowest BCUT2D eigenvalue weighted by molar-refractivity contribution is 0.0693. The number of nitrogens with two attached hydrogens (primary N) is 1. The molecule has 0 unspecified atom stereocenters. The second-order valence-electron chi connectivity index (χ2n) is 8.48. The van der Waals surface area contributed by atoms with E-state index >= 15 is 0 Å². The molecule has 4 rings (SSSR count). The third-order valence-electron chi connectivity index (χ3n) is 5.40. The highest BCUT2D eigenvalue weighted by molar-refractivity contribution is 5.87. The first-order chi connectivity index (χ1) is 14.0. The number of nitrogens with zero attached hydrogens (tertiary/aromatic N) is 3. The first-order valence-corrected chi connectivity index (χ1v) is 9.30. The van der Waals surface area contributed by atoms with Gasteiger partial charge < -0.3 is 15.4 Å². The number of aromatic carboxylic acids is 1. The van der Waals surface area contributed by atoms with Crippen LogP contribution in [0.5, 0.6) is 0 Å². The van der Waals surface area contributed by atoms with Gasteiger partial charge in [-0.2, -0.15) is 5.10 Å². The molecule has 1 atom stereocenters. The van der Waals surface area contributed by atoms with Crippen molar-refractivity contribution in [2.45, 2.75) is 33.4 Å². The van der Waals surface area contributed by atoms with Crippen LogP contribution in [-0.2, 0) is 6.54 Å². The molecule has 1 aromatic carbocycles. The number of rotatable bonds is 2. The molecule has 0 fully saturated rings. The number of halogens is 2. The molecule has 156 valence electrons. The summed E-state index contributed by atoms with van der Waals surface area (Å²) in [5.74, 6) is -3.39. The average molecular weight is 414 g/mol. The lowest BCUT2D eigenvalue weighted by Gasteiger charge is -2.38. The van der Waals surface area contributed by atoms with Crippen LogP contribution in [0.2, 0.25) is 0 Å². The number of aromatic nitrogens is 3. The van der Waals surface area contributed by atoms with E-state index in [1.54, 1.807) is 15.3 Å². The van der Waals surface area contributed by atoms with Crippen LogP contribution in [0, 0.1) is 17.0 Å². The van der Waals surface area contributed by atoms with Gasteiger partial charge in [-0.3, -0.25) is 9.48 Å². The molecule has 0 saturated carbocycles. The van der Waals surface area contributed by atoms with Crippen molar-refractivity contribution in [3.63, 3.8) is 0 Å². The van der Waals surface area contributed by atoms with Crippen LogP contribution in [0.4, 0.5) is 14.5 Å². The number of pyridine rings is 1. The topological polar surface area (TPSA) is 103 Å². The fraction of sp³-hybridized carbons (Fsp3) is 0.286. The molecule has 0 bridgehead atoms. The van der Waals surface area contributed by atoms with Crippen LogP contribution in [0.3, 0.4) is 0 Å². The summed E-state index contributed by atoms with van der Waals surface area (Å²) in [6.45, 7) is 6.41. The molecular weight excluding hydrogens is 394 g/mol. The van der Waals surface area contributed by atoms with E-state index in [0.29, 0.717) is 23.6 Å². The molecule has 3 heterocycles. The summed E-state index contributed by atoms with van der Waals surface area (Å²) in [5, 5.41) is 13.9. The Morgan fingerprint density at radius 1 is 1.17 bits per heavy atom. The van der Waals surface area contributed by atoms with Crippen molar-refractivity contribution in [1.29, 1.82) is 0 Å². The van der Waals surface area contributed by atoms with Crippen LogP contribution >= 0.6 is 0 Å². The van der Waals surface area contributed by atoms with Crippen molar-refractivity contribution in [2.75, 3.05) is 5.73 Å². The van der Waals surface area contributed by atoms with Crippen molar-refractivity contribution < 1.29 is 18.7 Å². The number of carbonyl (C=O) groups is 1. The Kier molecular flexibility index (Phi) is 4.30. The Hall–Kier alpha value is -3.49. The molecule has 1 aliphatic rings. The maximum Gasteiger partial charge on any atom is 0.341 e. The molecule has 7 nitrogen and oxygen atoms in total. The van der Waals surface area contributed by atoms with Crippen molar-refractivity contribution in [3.8, 4) is 22.6 Å². The molecule has 0 aliphatic carbocycles. The number of hydrogen-bond acceptors (Lipinski definition) is 4. The van der Waals surface area contributed by atoms with Gasteiger partial charge in [-0.15, -0.1) is 0 Å². The quantitative estimate of drug-likeness (QED) is 0.625. The highest BCUT2D eigenvalue weighted by atomic mass is 19.2. The molecule has 1 aliphatic heterocycles. The Morgan fingerprint density at radius 3 is 2.47 bits per heavy atom. The van der Waals surface area contributed by atoms with Crippen molar-refractivity contribution in [2.24, 2.45) is 5.41 Å². The summed E-state index contributed by atoms with van der Waals surface area (Å²) >= 11 is 0. The first kappa shape index (κ1) is 19.8. The van der Waals surface area contributed by atoms with Crippen LogP contribution in [0.15, 0.2) is 35.3 Å². The second-order valence-corrected chi connectivity index (χ2v) is 8.48. The molecule has 3 aromatic rings. The maximum absolute atomic E-state index is 13.8. The SMILES string of the molecule is CC(C)(C)[C@@H]1Cn2nc(-c3cc(F)c(F)cc3N)cc2-c2cc(=O)c(C(=O)O)cn21. The molecular formula is C21H20F2N4O3. The summed E-state index contributed by atoms with van der Waals surface area (Å²) in [7, 11) is 0. The maximum atomic E-state index is 13.8. The number of carboxylic acids is 1. The van der Waals surface area contributed by atoms with Gasteiger partial charge in [-0.25, -0.2) is 13.6 Å². The fourth-order valence-corrected chi connectivity index (χ4v) is 3.79. The highest BCUT2D eigenvalue weighted by Crippen LogP contribution is 2.41. The molecule has 0 saturated heterocycles. The zero-order valence-corrected chi connectivity index (χ0v) is 16.6. The molecule has 0 spiro atoms. The molecule has 0 radical (unpaired) electrons. The number of hydrogen-bond donors (Lipinski definition) is 2. The van der Waals surface area contributed by atoms with E-state index in [4.69, 9.17) is 5.73 Å². The van der Waals surface area contributed by atoms with E-state index in [9.17, 15) is 23.5 Å². The minimum atomic E-state index is -1.29. The zero-order chi connectivity index (χ0) is 22.0. The van der Waals surface area contributed by atoms with E-state index in [-0.39, 0.29) is 28.3 Å². The summed E-state index contributed by atoms with van der Waals surface area (Å²) in [6, 6.07) is 4.59. The number of fused-ring (bicyclic) bond motifs is 3. The van der Waals surface area contributed by atoms with E-state index in [2.05, 4.69) is 5.10 Å². The van der Waals surface area contributed by atoms with Gasteiger partial charge in [-0.1, -0.05) is 20.8 Å². The third-order valence-corrected chi connectivity index (χ3v) is 5.40. The predicted octanol–water partition coefficient (Wildman–Crippen LogP) is 3.54. The number of anilines is 1. The van der Waals surface area contributed by atoms with Gasteiger partial charge in [0.15, 0.2) is 17.1 Å². The highest BCUT2D eigenvalue weighted by Gasteiger charge is 2.34. The lowest BCUT2D eigenvalue weighted by Crippen LogP contribution is -2.35. The Morgan fingerprint density at radius 2 is 1.83 bits per heavy atom. The van der Waals surface area contributed by atoms with Gasteiger partial charge in [0, 0.05) is 29.6 Å². The fourth-order valence-electron chi connectivity index (χ4n) is 3.79. The van der Waals surface area contributed by atoms with Crippen molar-refractivity contribution in [1.82, 2.24) is 14.3 Å². The minimum absolute atomic E-state index is 0.0373. The van der Waals surface area contributed by atoms with Gasteiger partial charge in [0.1, 0.15) is 5.56 Å². The van der Waals surface area contributed by atoms with Gasteiger partial charge in [0.25, 0.3) is 0 Å². The van der Waals surface area contributed by atoms with Crippen LogP contribution in [0.25, 0.3) is 22.6 Å². The Bertz CT molecular complexity index is 1250. The van der Waals surface area contributed by atoms with E-state index in [0.717, 1.165) is 12.1 Å². The predicted molar refractivity (Wildman–Crippen MR) is 107 cm³/mol. The van der Waals surface area contributed by atoms with Gasteiger partial charge in [0.2, 0.25) is 0 Å². The molecule has 9 heteroatoms. The summed E-state index contributed by atoms with van der Waals surface area (Å²) < 4.78 is 30.7. The monoisotopic (exact) mass is 414 g/mol. The molecule has 30 heavy (non-hydrogen) atoms. The van der Waals surface area contributed by atoms with Crippen LogP contribution < -0.4 is 11.2 Å².